The number of aromatic nitrogens is 1. The predicted octanol–water partition coefficient (Wildman–Crippen LogP) is 5.00. The fourth-order valence-corrected chi connectivity index (χ4v) is 4.24. The molecular formula is C20H21ClN2OS. The first-order chi connectivity index (χ1) is 11.9. The Labute approximate surface area is 156 Å². The molecule has 3 rings (SSSR count). The lowest BCUT2D eigenvalue weighted by molar-refractivity contribution is -0.117. The third-order valence-corrected chi connectivity index (χ3v) is 5.92. The molecule has 1 heterocycles. The van der Waals surface area contributed by atoms with Crippen LogP contribution in [0.3, 0.4) is 0 Å². The zero-order chi connectivity index (χ0) is 18.1. The predicted molar refractivity (Wildman–Crippen MR) is 105 cm³/mol. The van der Waals surface area contributed by atoms with Gasteiger partial charge in [-0.1, -0.05) is 67.1 Å². The van der Waals surface area contributed by atoms with Gasteiger partial charge in [-0.05, 0) is 35.6 Å². The molecule has 2 aromatic carbocycles. The number of benzene rings is 2. The first kappa shape index (κ1) is 17.9. The van der Waals surface area contributed by atoms with Crippen molar-refractivity contribution in [1.82, 2.24) is 4.57 Å². The Kier molecular flexibility index (Phi) is 5.11. The Morgan fingerprint density at radius 2 is 1.88 bits per heavy atom. The van der Waals surface area contributed by atoms with Crippen molar-refractivity contribution in [1.29, 1.82) is 0 Å². The van der Waals surface area contributed by atoms with Gasteiger partial charge in [0.1, 0.15) is 0 Å². The minimum Gasteiger partial charge on any atom is -0.319 e. The van der Waals surface area contributed by atoms with Gasteiger partial charge in [-0.3, -0.25) is 4.79 Å². The number of hydrogen-bond acceptors (Lipinski definition) is 2. The number of amides is 1. The Morgan fingerprint density at radius 1 is 1.20 bits per heavy atom. The molecule has 0 aliphatic heterocycles. The van der Waals surface area contributed by atoms with E-state index in [4.69, 9.17) is 11.6 Å². The molecule has 0 unspecified atom stereocenters. The fraction of sp³-hybridized carbons (Fsp3) is 0.300. The first-order valence-electron chi connectivity index (χ1n) is 8.28. The standard InChI is InChI=1S/C20H21ClN2OS/c1-12(2)15-8-6-14(7-9-15)11-17(24)22-20-23(4)18-13(3)5-10-16(21)19(18)25-20/h5-10,12H,11H2,1-4H3. The lowest BCUT2D eigenvalue weighted by Crippen LogP contribution is -2.14. The molecule has 0 saturated carbocycles. The molecule has 0 aliphatic carbocycles. The van der Waals surface area contributed by atoms with Crippen molar-refractivity contribution in [3.63, 3.8) is 0 Å². The van der Waals surface area contributed by atoms with Crippen molar-refractivity contribution < 1.29 is 4.79 Å². The summed E-state index contributed by atoms with van der Waals surface area (Å²) in [6, 6.07) is 12.0. The molecule has 3 nitrogen and oxygen atoms in total. The summed E-state index contributed by atoms with van der Waals surface area (Å²) < 4.78 is 2.91. The van der Waals surface area contributed by atoms with Gasteiger partial charge in [-0.15, -0.1) is 0 Å². The van der Waals surface area contributed by atoms with Gasteiger partial charge in [0, 0.05) is 7.05 Å². The monoisotopic (exact) mass is 372 g/mol. The van der Waals surface area contributed by atoms with Crippen molar-refractivity contribution in [3.05, 3.63) is 62.9 Å². The number of halogens is 1. The smallest absolute Gasteiger partial charge is 0.252 e. The van der Waals surface area contributed by atoms with Gasteiger partial charge in [0.15, 0.2) is 4.80 Å². The molecule has 0 N–H and O–H groups in total. The van der Waals surface area contributed by atoms with E-state index in [-0.39, 0.29) is 5.91 Å². The molecule has 0 radical (unpaired) electrons. The molecule has 0 fully saturated rings. The van der Waals surface area contributed by atoms with E-state index < -0.39 is 0 Å². The van der Waals surface area contributed by atoms with Crippen LogP contribution in [0, 0.1) is 6.92 Å². The lowest BCUT2D eigenvalue weighted by Gasteiger charge is -2.05. The van der Waals surface area contributed by atoms with Gasteiger partial charge in [0.2, 0.25) is 0 Å². The molecule has 0 spiro atoms. The third-order valence-electron chi connectivity index (χ3n) is 4.32. The molecule has 0 saturated heterocycles. The van der Waals surface area contributed by atoms with Crippen LogP contribution in [0.15, 0.2) is 41.4 Å². The number of carbonyl (C=O) groups is 1. The van der Waals surface area contributed by atoms with Crippen molar-refractivity contribution >= 4 is 39.1 Å². The number of nitrogens with zero attached hydrogens (tertiary/aromatic N) is 2. The van der Waals surface area contributed by atoms with Crippen LogP contribution < -0.4 is 4.80 Å². The van der Waals surface area contributed by atoms with E-state index in [1.54, 1.807) is 0 Å². The number of hydrogen-bond donors (Lipinski definition) is 0. The molecule has 0 bridgehead atoms. The minimum atomic E-state index is -0.145. The molecular weight excluding hydrogens is 352 g/mol. The highest BCUT2D eigenvalue weighted by molar-refractivity contribution is 7.17. The maximum absolute atomic E-state index is 12.4. The van der Waals surface area contributed by atoms with Crippen LogP contribution in [-0.2, 0) is 18.3 Å². The summed E-state index contributed by atoms with van der Waals surface area (Å²) in [7, 11) is 1.92. The van der Waals surface area contributed by atoms with Gasteiger partial charge in [-0.2, -0.15) is 4.99 Å². The van der Waals surface area contributed by atoms with E-state index >= 15 is 0 Å². The van der Waals surface area contributed by atoms with Crippen molar-refractivity contribution in [2.75, 3.05) is 0 Å². The summed E-state index contributed by atoms with van der Waals surface area (Å²) in [5, 5.41) is 0.694. The maximum Gasteiger partial charge on any atom is 0.252 e. The lowest BCUT2D eigenvalue weighted by atomic mass is 10.0. The summed E-state index contributed by atoms with van der Waals surface area (Å²) in [6.45, 7) is 6.35. The largest absolute Gasteiger partial charge is 0.319 e. The summed E-state index contributed by atoms with van der Waals surface area (Å²) in [5.41, 5.74) is 4.41. The van der Waals surface area contributed by atoms with Gasteiger partial charge < -0.3 is 4.57 Å². The molecule has 5 heteroatoms. The molecule has 1 amide bonds. The van der Waals surface area contributed by atoms with Gasteiger partial charge in [0.25, 0.3) is 5.91 Å². The van der Waals surface area contributed by atoms with Gasteiger partial charge in [-0.25, -0.2) is 0 Å². The van der Waals surface area contributed by atoms with E-state index in [2.05, 4.69) is 31.0 Å². The topological polar surface area (TPSA) is 34.4 Å². The third kappa shape index (κ3) is 3.70. The van der Waals surface area contributed by atoms with Crippen LogP contribution >= 0.6 is 22.9 Å². The fourth-order valence-electron chi connectivity index (χ4n) is 2.85. The Balaban J connectivity index is 1.91. The van der Waals surface area contributed by atoms with Gasteiger partial charge in [0.05, 0.1) is 21.7 Å². The van der Waals surface area contributed by atoms with Gasteiger partial charge >= 0.3 is 0 Å². The second-order valence-electron chi connectivity index (χ2n) is 6.56. The zero-order valence-corrected chi connectivity index (χ0v) is 16.4. The summed E-state index contributed by atoms with van der Waals surface area (Å²) >= 11 is 7.74. The van der Waals surface area contributed by atoms with Crippen LogP contribution in [0.4, 0.5) is 0 Å². The minimum absolute atomic E-state index is 0.145. The Bertz CT molecular complexity index is 997. The Morgan fingerprint density at radius 3 is 2.48 bits per heavy atom. The molecule has 3 aromatic rings. The van der Waals surface area contributed by atoms with E-state index in [9.17, 15) is 4.79 Å². The van der Waals surface area contributed by atoms with Crippen LogP contribution in [0.1, 0.15) is 36.5 Å². The second kappa shape index (κ2) is 7.14. The molecule has 130 valence electrons. The summed E-state index contributed by atoms with van der Waals surface area (Å²) in [6.07, 6.45) is 0.305. The van der Waals surface area contributed by atoms with Crippen molar-refractivity contribution in [3.8, 4) is 0 Å². The average Bonchev–Trinajstić information content (AvgIpc) is 2.89. The molecule has 0 aliphatic rings. The highest BCUT2D eigenvalue weighted by Crippen LogP contribution is 2.28. The molecule has 1 aromatic heterocycles. The first-order valence-corrected chi connectivity index (χ1v) is 9.47. The quantitative estimate of drug-likeness (QED) is 0.637. The molecule has 25 heavy (non-hydrogen) atoms. The molecule has 0 atom stereocenters. The zero-order valence-electron chi connectivity index (χ0n) is 14.8. The summed E-state index contributed by atoms with van der Waals surface area (Å²) in [4.78, 5) is 17.4. The maximum atomic E-state index is 12.4. The van der Waals surface area contributed by atoms with Crippen LogP contribution in [0.2, 0.25) is 5.02 Å². The number of fused-ring (bicyclic) bond motifs is 1. The number of carbonyl (C=O) groups excluding carboxylic acids is 1. The number of thiazole rings is 1. The second-order valence-corrected chi connectivity index (χ2v) is 7.95. The highest BCUT2D eigenvalue weighted by atomic mass is 35.5. The highest BCUT2D eigenvalue weighted by Gasteiger charge is 2.11. The normalized spacial score (nSPS) is 12.3. The van der Waals surface area contributed by atoms with E-state index in [0.717, 1.165) is 21.3 Å². The van der Waals surface area contributed by atoms with E-state index in [1.165, 1.54) is 16.9 Å². The van der Waals surface area contributed by atoms with E-state index in [0.29, 0.717) is 22.2 Å². The van der Waals surface area contributed by atoms with Crippen molar-refractivity contribution in [2.24, 2.45) is 12.0 Å². The Hall–Kier alpha value is -1.91. The summed E-state index contributed by atoms with van der Waals surface area (Å²) in [5.74, 6) is 0.341. The van der Waals surface area contributed by atoms with Crippen molar-refractivity contribution in [2.45, 2.75) is 33.1 Å². The SMILES string of the molecule is Cc1ccc(Cl)c2sc(=NC(=O)Cc3ccc(C(C)C)cc3)n(C)c12. The number of rotatable bonds is 3. The van der Waals surface area contributed by atoms with E-state index in [1.807, 2.05) is 42.8 Å². The average molecular weight is 373 g/mol. The van der Waals surface area contributed by atoms with Crippen LogP contribution in [0.5, 0.6) is 0 Å². The van der Waals surface area contributed by atoms with Crippen LogP contribution in [-0.4, -0.2) is 10.5 Å². The van der Waals surface area contributed by atoms with Crippen LogP contribution in [0.25, 0.3) is 10.2 Å². The number of aryl methyl sites for hydroxylation is 2.